The smallest absolute Gasteiger partial charge is 0.245 e. The Morgan fingerprint density at radius 1 is 1.22 bits per heavy atom. The zero-order valence-corrected chi connectivity index (χ0v) is 11.0. The van der Waals surface area contributed by atoms with Crippen molar-refractivity contribution in [2.45, 2.75) is 32.9 Å². The van der Waals surface area contributed by atoms with Gasteiger partial charge in [0, 0.05) is 6.54 Å². The molecule has 0 atom stereocenters. The second-order valence-corrected chi connectivity index (χ2v) is 5.21. The number of hydrogen-bond acceptors (Lipinski definition) is 2. The molecule has 1 fully saturated rings. The Balaban J connectivity index is 2.22. The number of piperazine rings is 1. The minimum atomic E-state index is -0.791. The van der Waals surface area contributed by atoms with Gasteiger partial charge in [-0.05, 0) is 26.3 Å². The normalized spacial score (nSPS) is 18.7. The average Bonchev–Trinajstić information content (AvgIpc) is 2.32. The van der Waals surface area contributed by atoms with Gasteiger partial charge in [0.2, 0.25) is 11.8 Å². The molecule has 1 heterocycles. The van der Waals surface area contributed by atoms with E-state index >= 15 is 0 Å². The molecule has 4 nitrogen and oxygen atoms in total. The van der Waals surface area contributed by atoms with E-state index in [1.165, 1.54) is 5.56 Å². The summed E-state index contributed by atoms with van der Waals surface area (Å²) in [5, 5.41) is 2.62. The molecule has 4 heteroatoms. The maximum Gasteiger partial charge on any atom is 0.245 e. The number of hydrogen-bond donors (Lipinski definition) is 1. The SMILES string of the molecule is Cc1ccc(CN2C(=O)CNC(=O)C2(C)C)cc1. The minimum Gasteiger partial charge on any atom is -0.345 e. The van der Waals surface area contributed by atoms with Crippen LogP contribution in [0.3, 0.4) is 0 Å². The quantitative estimate of drug-likeness (QED) is 0.853. The number of nitrogens with zero attached hydrogens (tertiary/aromatic N) is 1. The third kappa shape index (κ3) is 2.23. The lowest BCUT2D eigenvalue weighted by Crippen LogP contribution is -2.63. The molecule has 0 spiro atoms. The summed E-state index contributed by atoms with van der Waals surface area (Å²) in [6.45, 7) is 6.13. The summed E-state index contributed by atoms with van der Waals surface area (Å²) < 4.78 is 0. The molecule has 0 bridgehead atoms. The molecule has 0 saturated carbocycles. The molecule has 1 aliphatic heterocycles. The Morgan fingerprint density at radius 3 is 2.44 bits per heavy atom. The van der Waals surface area contributed by atoms with E-state index in [1.54, 1.807) is 18.7 Å². The van der Waals surface area contributed by atoms with E-state index in [4.69, 9.17) is 0 Å². The van der Waals surface area contributed by atoms with Gasteiger partial charge >= 0.3 is 0 Å². The van der Waals surface area contributed by atoms with Crippen molar-refractivity contribution in [1.29, 1.82) is 0 Å². The zero-order valence-electron chi connectivity index (χ0n) is 11.0. The van der Waals surface area contributed by atoms with Gasteiger partial charge < -0.3 is 10.2 Å². The van der Waals surface area contributed by atoms with Crippen LogP contribution in [0, 0.1) is 6.92 Å². The van der Waals surface area contributed by atoms with E-state index < -0.39 is 5.54 Å². The van der Waals surface area contributed by atoms with Crippen LogP contribution in [0.4, 0.5) is 0 Å². The molecular formula is C14H18N2O2. The molecule has 2 amide bonds. The topological polar surface area (TPSA) is 49.4 Å². The number of carbonyl (C=O) groups excluding carboxylic acids is 2. The van der Waals surface area contributed by atoms with Crippen LogP contribution in [0.15, 0.2) is 24.3 Å². The Kier molecular flexibility index (Phi) is 3.11. The Morgan fingerprint density at radius 2 is 1.83 bits per heavy atom. The van der Waals surface area contributed by atoms with Crippen molar-refractivity contribution in [3.05, 3.63) is 35.4 Å². The van der Waals surface area contributed by atoms with E-state index in [-0.39, 0.29) is 18.4 Å². The number of benzene rings is 1. The monoisotopic (exact) mass is 246 g/mol. The minimum absolute atomic E-state index is 0.0415. The van der Waals surface area contributed by atoms with Crippen molar-refractivity contribution in [2.75, 3.05) is 6.54 Å². The molecule has 96 valence electrons. The first kappa shape index (κ1) is 12.6. The van der Waals surface area contributed by atoms with Gasteiger partial charge in [-0.1, -0.05) is 29.8 Å². The van der Waals surface area contributed by atoms with Gasteiger partial charge in [0.15, 0.2) is 0 Å². The number of rotatable bonds is 2. The predicted molar refractivity (Wildman–Crippen MR) is 68.8 cm³/mol. The summed E-state index contributed by atoms with van der Waals surface area (Å²) in [5.41, 5.74) is 1.43. The van der Waals surface area contributed by atoms with E-state index in [2.05, 4.69) is 5.32 Å². The maximum atomic E-state index is 11.9. The van der Waals surface area contributed by atoms with Crippen molar-refractivity contribution in [3.8, 4) is 0 Å². The highest BCUT2D eigenvalue weighted by atomic mass is 16.2. The summed E-state index contributed by atoms with van der Waals surface area (Å²) in [5.74, 6) is -0.144. The van der Waals surface area contributed by atoms with Crippen molar-refractivity contribution in [3.63, 3.8) is 0 Å². The lowest BCUT2D eigenvalue weighted by Gasteiger charge is -2.41. The highest BCUT2D eigenvalue weighted by Gasteiger charge is 2.41. The van der Waals surface area contributed by atoms with Crippen molar-refractivity contribution >= 4 is 11.8 Å². The van der Waals surface area contributed by atoms with Gasteiger partial charge in [-0.25, -0.2) is 0 Å². The fraction of sp³-hybridized carbons (Fsp3) is 0.429. The first-order chi connectivity index (χ1) is 8.41. The maximum absolute atomic E-state index is 11.9. The third-order valence-electron chi connectivity index (χ3n) is 3.39. The Hall–Kier alpha value is -1.84. The summed E-state index contributed by atoms with van der Waals surface area (Å²) in [6, 6.07) is 8.00. The van der Waals surface area contributed by atoms with E-state index in [0.29, 0.717) is 6.54 Å². The van der Waals surface area contributed by atoms with Gasteiger partial charge in [-0.3, -0.25) is 9.59 Å². The molecule has 1 N–H and O–H groups in total. The van der Waals surface area contributed by atoms with E-state index in [0.717, 1.165) is 5.56 Å². The molecule has 0 aromatic heterocycles. The fourth-order valence-electron chi connectivity index (χ4n) is 2.06. The van der Waals surface area contributed by atoms with Gasteiger partial charge in [0.25, 0.3) is 0 Å². The number of nitrogens with one attached hydrogen (secondary N) is 1. The molecule has 0 aliphatic carbocycles. The van der Waals surface area contributed by atoms with Gasteiger partial charge in [0.05, 0.1) is 6.54 Å². The second kappa shape index (κ2) is 4.44. The van der Waals surface area contributed by atoms with Crippen LogP contribution in [-0.2, 0) is 16.1 Å². The standard InChI is InChI=1S/C14H18N2O2/c1-10-4-6-11(7-5-10)9-16-12(17)8-15-13(18)14(16,2)3/h4-7H,8-9H2,1-3H3,(H,15,18). The first-order valence-electron chi connectivity index (χ1n) is 6.05. The van der Waals surface area contributed by atoms with Crippen LogP contribution < -0.4 is 5.32 Å². The predicted octanol–water partition coefficient (Wildman–Crippen LogP) is 1.23. The van der Waals surface area contributed by atoms with Crippen molar-refractivity contribution < 1.29 is 9.59 Å². The molecule has 1 aliphatic rings. The lowest BCUT2D eigenvalue weighted by molar-refractivity contribution is -0.152. The summed E-state index contributed by atoms with van der Waals surface area (Å²) in [6.07, 6.45) is 0. The first-order valence-corrected chi connectivity index (χ1v) is 6.05. The molecular weight excluding hydrogens is 228 g/mol. The summed E-state index contributed by atoms with van der Waals surface area (Å²) >= 11 is 0. The summed E-state index contributed by atoms with van der Waals surface area (Å²) in [7, 11) is 0. The van der Waals surface area contributed by atoms with Crippen LogP contribution in [-0.4, -0.2) is 28.8 Å². The highest BCUT2D eigenvalue weighted by molar-refractivity contribution is 5.97. The van der Waals surface area contributed by atoms with Crippen LogP contribution in [0.5, 0.6) is 0 Å². The average molecular weight is 246 g/mol. The highest BCUT2D eigenvalue weighted by Crippen LogP contribution is 2.21. The lowest BCUT2D eigenvalue weighted by atomic mass is 9.97. The van der Waals surface area contributed by atoms with Crippen molar-refractivity contribution in [2.24, 2.45) is 0 Å². The number of carbonyl (C=O) groups is 2. The molecule has 1 aromatic carbocycles. The second-order valence-electron chi connectivity index (χ2n) is 5.21. The van der Waals surface area contributed by atoms with Gasteiger partial charge in [-0.15, -0.1) is 0 Å². The summed E-state index contributed by atoms with van der Waals surface area (Å²) in [4.78, 5) is 25.4. The van der Waals surface area contributed by atoms with Crippen LogP contribution in [0.1, 0.15) is 25.0 Å². The van der Waals surface area contributed by atoms with Gasteiger partial charge in [-0.2, -0.15) is 0 Å². The molecule has 1 aromatic rings. The number of aryl methyl sites for hydroxylation is 1. The Labute approximate surface area is 107 Å². The molecule has 1 saturated heterocycles. The van der Waals surface area contributed by atoms with Crippen molar-refractivity contribution in [1.82, 2.24) is 10.2 Å². The van der Waals surface area contributed by atoms with E-state index in [1.807, 2.05) is 31.2 Å². The number of amides is 2. The molecule has 2 rings (SSSR count). The van der Waals surface area contributed by atoms with E-state index in [9.17, 15) is 9.59 Å². The zero-order chi connectivity index (χ0) is 13.3. The third-order valence-corrected chi connectivity index (χ3v) is 3.39. The van der Waals surface area contributed by atoms with Gasteiger partial charge in [0.1, 0.15) is 5.54 Å². The van der Waals surface area contributed by atoms with Crippen LogP contribution in [0.25, 0.3) is 0 Å². The largest absolute Gasteiger partial charge is 0.345 e. The fourth-order valence-corrected chi connectivity index (χ4v) is 2.06. The Bertz CT molecular complexity index is 477. The van der Waals surface area contributed by atoms with Crippen LogP contribution in [0.2, 0.25) is 0 Å². The molecule has 18 heavy (non-hydrogen) atoms. The van der Waals surface area contributed by atoms with Crippen LogP contribution >= 0.6 is 0 Å². The molecule has 0 radical (unpaired) electrons. The molecule has 0 unspecified atom stereocenters.